The summed E-state index contributed by atoms with van der Waals surface area (Å²) in [6.45, 7) is 4.28. The highest BCUT2D eigenvalue weighted by atomic mass is 32.2. The summed E-state index contributed by atoms with van der Waals surface area (Å²) in [4.78, 5) is 8.95. The van der Waals surface area contributed by atoms with Crippen molar-refractivity contribution in [2.75, 3.05) is 0 Å². The van der Waals surface area contributed by atoms with Gasteiger partial charge in [0.1, 0.15) is 5.82 Å². The molecule has 2 aromatic rings. The van der Waals surface area contributed by atoms with E-state index in [0.29, 0.717) is 23.5 Å². The van der Waals surface area contributed by atoms with Gasteiger partial charge < -0.3 is 4.52 Å². The SMILES string of the molecule is CC(C)Cc1noc(CSc2n[nH]c(C3CCCC3)n2)n1. The molecular weight excluding hydrogens is 286 g/mol. The third kappa shape index (κ3) is 3.84. The highest BCUT2D eigenvalue weighted by Crippen LogP contribution is 2.32. The molecule has 6 nitrogen and oxygen atoms in total. The zero-order valence-corrected chi connectivity index (χ0v) is 13.3. The van der Waals surface area contributed by atoms with Gasteiger partial charge >= 0.3 is 0 Å². The Bertz CT molecular complexity index is 573. The summed E-state index contributed by atoms with van der Waals surface area (Å²) in [6.07, 6.45) is 5.90. The van der Waals surface area contributed by atoms with E-state index in [0.717, 1.165) is 23.2 Å². The van der Waals surface area contributed by atoms with Crippen molar-refractivity contribution in [1.82, 2.24) is 25.3 Å². The number of hydrogen-bond donors (Lipinski definition) is 1. The van der Waals surface area contributed by atoms with E-state index in [9.17, 15) is 0 Å². The quantitative estimate of drug-likeness (QED) is 0.824. The van der Waals surface area contributed by atoms with Crippen LogP contribution in [0.4, 0.5) is 0 Å². The van der Waals surface area contributed by atoms with Gasteiger partial charge in [0.2, 0.25) is 11.0 Å². The van der Waals surface area contributed by atoms with Crippen molar-refractivity contribution in [1.29, 1.82) is 0 Å². The lowest BCUT2D eigenvalue weighted by atomic mass is 10.1. The molecule has 1 aliphatic carbocycles. The molecule has 0 bridgehead atoms. The number of aromatic amines is 1. The predicted molar refractivity (Wildman–Crippen MR) is 80.0 cm³/mol. The van der Waals surface area contributed by atoms with Crippen LogP contribution in [0.5, 0.6) is 0 Å². The average molecular weight is 307 g/mol. The zero-order valence-electron chi connectivity index (χ0n) is 12.5. The summed E-state index contributed by atoms with van der Waals surface area (Å²) < 4.78 is 5.25. The summed E-state index contributed by atoms with van der Waals surface area (Å²) in [6, 6.07) is 0. The van der Waals surface area contributed by atoms with Crippen LogP contribution in [0.15, 0.2) is 9.68 Å². The van der Waals surface area contributed by atoms with Gasteiger partial charge in [-0.1, -0.05) is 43.6 Å². The minimum absolute atomic E-state index is 0.532. The second kappa shape index (κ2) is 6.60. The van der Waals surface area contributed by atoms with E-state index in [1.165, 1.54) is 37.4 Å². The largest absolute Gasteiger partial charge is 0.338 e. The number of nitrogens with one attached hydrogen (secondary N) is 1. The van der Waals surface area contributed by atoms with E-state index in [4.69, 9.17) is 4.52 Å². The molecule has 2 heterocycles. The number of aromatic nitrogens is 5. The van der Waals surface area contributed by atoms with Crippen LogP contribution in [0.3, 0.4) is 0 Å². The predicted octanol–water partition coefficient (Wildman–Crippen LogP) is 3.34. The molecule has 0 amide bonds. The second-order valence-electron chi connectivity index (χ2n) is 5.98. The maximum absolute atomic E-state index is 5.25. The van der Waals surface area contributed by atoms with Crippen LogP contribution >= 0.6 is 11.8 Å². The maximum Gasteiger partial charge on any atom is 0.237 e. The molecule has 0 saturated heterocycles. The van der Waals surface area contributed by atoms with Crippen molar-refractivity contribution in [3.63, 3.8) is 0 Å². The summed E-state index contributed by atoms with van der Waals surface area (Å²) >= 11 is 1.54. The van der Waals surface area contributed by atoms with Crippen molar-refractivity contribution in [3.8, 4) is 0 Å². The van der Waals surface area contributed by atoms with Gasteiger partial charge in [-0.2, -0.15) is 4.98 Å². The Morgan fingerprint density at radius 3 is 2.86 bits per heavy atom. The van der Waals surface area contributed by atoms with Gasteiger partial charge in [0.25, 0.3) is 0 Å². The monoisotopic (exact) mass is 307 g/mol. The van der Waals surface area contributed by atoms with E-state index < -0.39 is 0 Å². The summed E-state index contributed by atoms with van der Waals surface area (Å²) in [7, 11) is 0. The van der Waals surface area contributed by atoms with Gasteiger partial charge in [0, 0.05) is 12.3 Å². The standard InChI is InChI=1S/C14H21N5OS/c1-9(2)7-11-15-12(20-19-11)8-21-14-16-13(17-18-14)10-5-3-4-6-10/h9-10H,3-8H2,1-2H3,(H,16,17,18). The molecule has 3 rings (SSSR count). The molecule has 0 atom stereocenters. The third-order valence-electron chi connectivity index (χ3n) is 3.65. The molecule has 1 saturated carbocycles. The van der Waals surface area contributed by atoms with Gasteiger partial charge in [0.15, 0.2) is 5.82 Å². The molecule has 0 spiro atoms. The lowest BCUT2D eigenvalue weighted by Gasteiger charge is -2.01. The van der Waals surface area contributed by atoms with Crippen molar-refractivity contribution in [2.45, 2.75) is 62.8 Å². The van der Waals surface area contributed by atoms with Crippen LogP contribution in [-0.2, 0) is 12.2 Å². The highest BCUT2D eigenvalue weighted by molar-refractivity contribution is 7.98. The maximum atomic E-state index is 5.25. The fraction of sp³-hybridized carbons (Fsp3) is 0.714. The Hall–Kier alpha value is -1.37. The molecule has 114 valence electrons. The Labute approximate surface area is 128 Å². The average Bonchev–Trinajstić information content (AvgIpc) is 3.17. The number of rotatable bonds is 6. The number of hydrogen-bond acceptors (Lipinski definition) is 6. The van der Waals surface area contributed by atoms with Gasteiger partial charge in [-0.05, 0) is 18.8 Å². The van der Waals surface area contributed by atoms with Crippen molar-refractivity contribution < 1.29 is 4.52 Å². The third-order valence-corrected chi connectivity index (χ3v) is 4.48. The van der Waals surface area contributed by atoms with Crippen LogP contribution in [0.25, 0.3) is 0 Å². The van der Waals surface area contributed by atoms with Crippen molar-refractivity contribution in [3.05, 3.63) is 17.5 Å². The van der Waals surface area contributed by atoms with E-state index in [1.54, 1.807) is 0 Å². The Kier molecular flexibility index (Phi) is 4.57. The van der Waals surface area contributed by atoms with Gasteiger partial charge in [-0.3, -0.25) is 5.10 Å². The Balaban J connectivity index is 1.53. The smallest absolute Gasteiger partial charge is 0.237 e. The fourth-order valence-electron chi connectivity index (χ4n) is 2.63. The van der Waals surface area contributed by atoms with Gasteiger partial charge in [-0.25, -0.2) is 4.98 Å². The zero-order chi connectivity index (χ0) is 14.7. The molecule has 0 unspecified atom stereocenters. The van der Waals surface area contributed by atoms with Gasteiger partial charge in [0.05, 0.1) is 5.75 Å². The number of H-pyrrole nitrogens is 1. The van der Waals surface area contributed by atoms with E-state index in [-0.39, 0.29) is 0 Å². The fourth-order valence-corrected chi connectivity index (χ4v) is 3.27. The van der Waals surface area contributed by atoms with Crippen molar-refractivity contribution in [2.24, 2.45) is 5.92 Å². The lowest BCUT2D eigenvalue weighted by Crippen LogP contribution is -1.96. The summed E-state index contributed by atoms with van der Waals surface area (Å²) in [5.74, 6) is 4.16. The highest BCUT2D eigenvalue weighted by Gasteiger charge is 2.20. The molecule has 1 N–H and O–H groups in total. The summed E-state index contributed by atoms with van der Waals surface area (Å²) in [5.41, 5.74) is 0. The normalized spacial score (nSPS) is 16.1. The first-order valence-electron chi connectivity index (χ1n) is 7.57. The molecular formula is C14H21N5OS. The van der Waals surface area contributed by atoms with Crippen LogP contribution < -0.4 is 0 Å². The summed E-state index contributed by atoms with van der Waals surface area (Å²) in [5, 5.41) is 12.1. The first-order chi connectivity index (χ1) is 10.2. The molecule has 0 aromatic carbocycles. The van der Waals surface area contributed by atoms with E-state index >= 15 is 0 Å². The van der Waals surface area contributed by atoms with Crippen LogP contribution in [0.2, 0.25) is 0 Å². The molecule has 1 fully saturated rings. The lowest BCUT2D eigenvalue weighted by molar-refractivity contribution is 0.382. The van der Waals surface area contributed by atoms with Crippen LogP contribution in [0, 0.1) is 5.92 Å². The minimum atomic E-state index is 0.532. The topological polar surface area (TPSA) is 80.5 Å². The van der Waals surface area contributed by atoms with Crippen molar-refractivity contribution >= 4 is 11.8 Å². The Morgan fingerprint density at radius 2 is 2.10 bits per heavy atom. The van der Waals surface area contributed by atoms with E-state index in [2.05, 4.69) is 39.2 Å². The first kappa shape index (κ1) is 14.6. The van der Waals surface area contributed by atoms with Crippen LogP contribution in [0.1, 0.15) is 63.0 Å². The molecule has 0 radical (unpaired) electrons. The van der Waals surface area contributed by atoms with E-state index in [1.807, 2.05) is 0 Å². The number of nitrogens with zero attached hydrogens (tertiary/aromatic N) is 4. The number of thioether (sulfide) groups is 1. The molecule has 0 aliphatic heterocycles. The first-order valence-corrected chi connectivity index (χ1v) is 8.56. The second-order valence-corrected chi connectivity index (χ2v) is 6.92. The molecule has 7 heteroatoms. The molecule has 21 heavy (non-hydrogen) atoms. The molecule has 2 aromatic heterocycles. The van der Waals surface area contributed by atoms with Crippen LogP contribution in [-0.4, -0.2) is 25.3 Å². The minimum Gasteiger partial charge on any atom is -0.338 e. The Morgan fingerprint density at radius 1 is 1.29 bits per heavy atom. The van der Waals surface area contributed by atoms with Gasteiger partial charge in [-0.15, -0.1) is 5.10 Å². The molecule has 1 aliphatic rings.